The lowest BCUT2D eigenvalue weighted by atomic mass is 10.0. The third-order valence-corrected chi connectivity index (χ3v) is 4.55. The summed E-state index contributed by atoms with van der Waals surface area (Å²) in [5, 5.41) is 4.09. The highest BCUT2D eigenvalue weighted by Gasteiger charge is 2.25. The predicted molar refractivity (Wildman–Crippen MR) is 90.2 cm³/mol. The van der Waals surface area contributed by atoms with Gasteiger partial charge < -0.3 is 10.2 Å². The molecule has 0 aromatic heterocycles. The zero-order valence-corrected chi connectivity index (χ0v) is 14.4. The lowest BCUT2D eigenvalue weighted by Crippen LogP contribution is -2.39. The smallest absolute Gasteiger partial charge is 0.219 e. The number of halogens is 1. The second kappa shape index (κ2) is 7.13. The van der Waals surface area contributed by atoms with E-state index in [0.29, 0.717) is 25.1 Å². The van der Waals surface area contributed by atoms with Gasteiger partial charge in [-0.1, -0.05) is 22.0 Å². The first kappa shape index (κ1) is 16.1. The summed E-state index contributed by atoms with van der Waals surface area (Å²) in [6, 6.07) is 7.77. The Labute approximate surface area is 137 Å². The summed E-state index contributed by atoms with van der Waals surface area (Å²) in [6.45, 7) is 2.43. The molecule has 0 spiro atoms. The van der Waals surface area contributed by atoms with Gasteiger partial charge in [0, 0.05) is 35.6 Å². The van der Waals surface area contributed by atoms with Crippen LogP contribution < -0.4 is 5.32 Å². The van der Waals surface area contributed by atoms with E-state index in [1.807, 2.05) is 30.5 Å². The number of hydrogen-bond acceptors (Lipinski definition) is 4. The number of carbonyl (C=O) groups excluding carboxylic acids is 2. The molecule has 0 atom stereocenters. The summed E-state index contributed by atoms with van der Waals surface area (Å²) in [6.07, 6.45) is 2.31. The molecule has 1 aliphatic heterocycles. The van der Waals surface area contributed by atoms with Crippen LogP contribution >= 0.6 is 27.7 Å². The molecule has 1 amide bonds. The second-order valence-corrected chi connectivity index (χ2v) is 6.49. The van der Waals surface area contributed by atoms with Crippen molar-refractivity contribution in [1.29, 1.82) is 0 Å². The fraction of sp³-hybridized carbons (Fsp3) is 0.333. The zero-order chi connectivity index (χ0) is 15.4. The highest BCUT2D eigenvalue weighted by molar-refractivity contribution is 9.10. The summed E-state index contributed by atoms with van der Waals surface area (Å²) in [5.74, 6) is 0.113. The van der Waals surface area contributed by atoms with Crippen molar-refractivity contribution < 1.29 is 9.59 Å². The van der Waals surface area contributed by atoms with Gasteiger partial charge in [-0.05, 0) is 24.5 Å². The molecule has 0 saturated carbocycles. The number of benzene rings is 1. The van der Waals surface area contributed by atoms with Crippen LogP contribution in [-0.2, 0) is 9.59 Å². The molecule has 1 aromatic carbocycles. The number of nitrogens with one attached hydrogen (secondary N) is 1. The molecular weight excluding hydrogens is 352 g/mol. The molecule has 1 N–H and O–H groups in total. The minimum absolute atomic E-state index is 0.00269. The van der Waals surface area contributed by atoms with Crippen molar-refractivity contribution in [1.82, 2.24) is 4.90 Å². The molecule has 4 nitrogen and oxygen atoms in total. The van der Waals surface area contributed by atoms with E-state index in [-0.39, 0.29) is 11.7 Å². The third-order valence-electron chi connectivity index (χ3n) is 3.30. The molecule has 112 valence electrons. The number of amides is 1. The standard InChI is InChI=1S/C15H17BrN2O2S/c1-10(19)18-7-6-14(20)13(9-18)15(21-2)17-12-5-3-4-11(16)8-12/h3-5,8,17H,6-7,9H2,1-2H3. The number of thioether (sulfide) groups is 1. The maximum atomic E-state index is 12.2. The van der Waals surface area contributed by atoms with Crippen LogP contribution in [0.15, 0.2) is 39.3 Å². The number of rotatable bonds is 3. The van der Waals surface area contributed by atoms with Gasteiger partial charge in [-0.3, -0.25) is 9.59 Å². The summed E-state index contributed by atoms with van der Waals surface area (Å²) in [7, 11) is 0. The zero-order valence-electron chi connectivity index (χ0n) is 12.0. The van der Waals surface area contributed by atoms with Crippen LogP contribution in [0.4, 0.5) is 5.69 Å². The first-order valence-corrected chi connectivity index (χ1v) is 8.61. The minimum atomic E-state index is 0.00269. The van der Waals surface area contributed by atoms with Gasteiger partial charge >= 0.3 is 0 Å². The number of nitrogens with zero attached hydrogens (tertiary/aromatic N) is 1. The Morgan fingerprint density at radius 3 is 2.81 bits per heavy atom. The molecule has 21 heavy (non-hydrogen) atoms. The summed E-state index contributed by atoms with van der Waals surface area (Å²) >= 11 is 4.92. The van der Waals surface area contributed by atoms with Gasteiger partial charge in [0.1, 0.15) is 0 Å². The average molecular weight is 369 g/mol. The van der Waals surface area contributed by atoms with Crippen molar-refractivity contribution >= 4 is 45.1 Å². The van der Waals surface area contributed by atoms with E-state index >= 15 is 0 Å². The van der Waals surface area contributed by atoms with Crippen molar-refractivity contribution in [3.63, 3.8) is 0 Å². The summed E-state index contributed by atoms with van der Waals surface area (Å²) < 4.78 is 0.971. The third kappa shape index (κ3) is 4.11. The minimum Gasteiger partial charge on any atom is -0.350 e. The van der Waals surface area contributed by atoms with Crippen molar-refractivity contribution in [3.8, 4) is 0 Å². The second-order valence-electron chi connectivity index (χ2n) is 4.76. The van der Waals surface area contributed by atoms with E-state index < -0.39 is 0 Å². The van der Waals surface area contributed by atoms with Gasteiger partial charge in [0.2, 0.25) is 5.91 Å². The van der Waals surface area contributed by atoms with E-state index in [1.165, 1.54) is 18.7 Å². The first-order valence-electron chi connectivity index (χ1n) is 6.59. The molecule has 1 saturated heterocycles. The van der Waals surface area contributed by atoms with Crippen LogP contribution in [-0.4, -0.2) is 35.9 Å². The monoisotopic (exact) mass is 368 g/mol. The van der Waals surface area contributed by atoms with Crippen molar-refractivity contribution in [2.24, 2.45) is 0 Å². The van der Waals surface area contributed by atoms with Crippen LogP contribution in [0.2, 0.25) is 0 Å². The van der Waals surface area contributed by atoms with E-state index in [1.54, 1.807) is 4.90 Å². The molecule has 1 heterocycles. The summed E-state index contributed by atoms with van der Waals surface area (Å²) in [5.41, 5.74) is 1.60. The first-order chi connectivity index (χ1) is 10.0. The Balaban J connectivity index is 2.27. The van der Waals surface area contributed by atoms with E-state index in [2.05, 4.69) is 21.2 Å². The van der Waals surface area contributed by atoms with Gasteiger partial charge in [0.25, 0.3) is 0 Å². The number of anilines is 1. The Hall–Kier alpha value is -1.27. The molecule has 2 rings (SSSR count). The van der Waals surface area contributed by atoms with Gasteiger partial charge in [-0.2, -0.15) is 0 Å². The fourth-order valence-corrected chi connectivity index (χ4v) is 3.20. The molecule has 0 aliphatic carbocycles. The average Bonchev–Trinajstić information content (AvgIpc) is 2.45. The van der Waals surface area contributed by atoms with Crippen molar-refractivity contribution in [3.05, 3.63) is 39.3 Å². The molecule has 1 aromatic rings. The van der Waals surface area contributed by atoms with Gasteiger partial charge in [0.15, 0.2) is 5.78 Å². The molecule has 1 aliphatic rings. The Bertz CT molecular complexity index is 601. The topological polar surface area (TPSA) is 49.4 Å². The molecule has 1 fully saturated rings. The fourth-order valence-electron chi connectivity index (χ4n) is 2.16. The van der Waals surface area contributed by atoms with E-state index in [4.69, 9.17) is 0 Å². The number of piperidine rings is 1. The quantitative estimate of drug-likeness (QED) is 0.831. The highest BCUT2D eigenvalue weighted by Crippen LogP contribution is 2.26. The maximum absolute atomic E-state index is 12.2. The predicted octanol–water partition coefficient (Wildman–Crippen LogP) is 3.26. The van der Waals surface area contributed by atoms with Gasteiger partial charge in [-0.15, -0.1) is 11.8 Å². The molecular formula is C15H17BrN2O2S. The van der Waals surface area contributed by atoms with Crippen molar-refractivity contribution in [2.75, 3.05) is 24.7 Å². The Kier molecular flexibility index (Phi) is 5.47. The molecule has 6 heteroatoms. The lowest BCUT2D eigenvalue weighted by Gasteiger charge is -2.28. The van der Waals surface area contributed by atoms with Crippen LogP contribution in [0, 0.1) is 0 Å². The van der Waals surface area contributed by atoms with Crippen molar-refractivity contribution in [2.45, 2.75) is 13.3 Å². The molecule has 0 unspecified atom stereocenters. The number of likely N-dealkylation sites (tertiary alicyclic amines) is 1. The SMILES string of the molecule is CSC(Nc1cccc(Br)c1)=C1CN(C(C)=O)CCC1=O. The maximum Gasteiger partial charge on any atom is 0.219 e. The van der Waals surface area contributed by atoms with Crippen LogP contribution in [0.5, 0.6) is 0 Å². The number of carbonyl (C=O) groups is 2. The molecule has 0 bridgehead atoms. The Morgan fingerprint density at radius 1 is 1.43 bits per heavy atom. The van der Waals surface area contributed by atoms with Crippen LogP contribution in [0.25, 0.3) is 0 Å². The van der Waals surface area contributed by atoms with Gasteiger partial charge in [0.05, 0.1) is 11.6 Å². The number of hydrogen-bond donors (Lipinski definition) is 1. The van der Waals surface area contributed by atoms with E-state index in [9.17, 15) is 9.59 Å². The van der Waals surface area contributed by atoms with Crippen LogP contribution in [0.3, 0.4) is 0 Å². The van der Waals surface area contributed by atoms with Crippen LogP contribution in [0.1, 0.15) is 13.3 Å². The number of Topliss-reactive ketones (excluding diaryl/α,β-unsaturated/α-hetero) is 1. The van der Waals surface area contributed by atoms with E-state index in [0.717, 1.165) is 15.2 Å². The normalized spacial score (nSPS) is 17.7. The Morgan fingerprint density at radius 2 is 2.19 bits per heavy atom. The largest absolute Gasteiger partial charge is 0.350 e. The molecule has 0 radical (unpaired) electrons. The summed E-state index contributed by atoms with van der Waals surface area (Å²) in [4.78, 5) is 25.4. The lowest BCUT2D eigenvalue weighted by molar-refractivity contribution is -0.130. The van der Waals surface area contributed by atoms with Gasteiger partial charge in [-0.25, -0.2) is 0 Å². The number of ketones is 1. The highest BCUT2D eigenvalue weighted by atomic mass is 79.9.